The van der Waals surface area contributed by atoms with Crippen molar-refractivity contribution in [2.45, 2.75) is 0 Å². The van der Waals surface area contributed by atoms with Crippen molar-refractivity contribution in [3.63, 3.8) is 0 Å². The van der Waals surface area contributed by atoms with Crippen LogP contribution in [0, 0.1) is 5.82 Å². The maximum absolute atomic E-state index is 13.3. The van der Waals surface area contributed by atoms with E-state index < -0.39 is 17.6 Å². The lowest BCUT2D eigenvalue weighted by molar-refractivity contribution is -0.120. The van der Waals surface area contributed by atoms with Crippen LogP contribution in [0.25, 0.3) is 0 Å². The van der Waals surface area contributed by atoms with Crippen molar-refractivity contribution in [1.82, 2.24) is 0 Å². The first-order valence-electron chi connectivity index (χ1n) is 6.69. The standard InChI is InChI=1S/C16H9Cl2FN2O3/c17-9-7-8(5-6-10(9)19)21-15(23)13(18)14(16(21)24)20-11-3-1-2-4-12(11)22/h1-7,20,22H. The Morgan fingerprint density at radius 2 is 1.75 bits per heavy atom. The predicted molar refractivity (Wildman–Crippen MR) is 88.5 cm³/mol. The summed E-state index contributed by atoms with van der Waals surface area (Å²) in [6.45, 7) is 0. The Morgan fingerprint density at radius 1 is 1.04 bits per heavy atom. The first kappa shape index (κ1) is 16.3. The highest BCUT2D eigenvalue weighted by Crippen LogP contribution is 2.33. The summed E-state index contributed by atoms with van der Waals surface area (Å²) >= 11 is 11.6. The number of carbonyl (C=O) groups is 2. The van der Waals surface area contributed by atoms with Gasteiger partial charge < -0.3 is 10.4 Å². The minimum Gasteiger partial charge on any atom is -0.506 e. The molecule has 0 saturated heterocycles. The maximum atomic E-state index is 13.3. The lowest BCUT2D eigenvalue weighted by Crippen LogP contribution is -2.32. The highest BCUT2D eigenvalue weighted by atomic mass is 35.5. The Bertz CT molecular complexity index is 899. The Balaban J connectivity index is 1.95. The maximum Gasteiger partial charge on any atom is 0.283 e. The van der Waals surface area contributed by atoms with Gasteiger partial charge in [0.25, 0.3) is 11.8 Å². The van der Waals surface area contributed by atoms with E-state index in [0.717, 1.165) is 17.0 Å². The molecule has 122 valence electrons. The fourth-order valence-electron chi connectivity index (χ4n) is 2.18. The predicted octanol–water partition coefficient (Wildman–Crippen LogP) is 3.62. The van der Waals surface area contributed by atoms with E-state index in [1.807, 2.05) is 0 Å². The number of phenols is 1. The number of benzene rings is 2. The highest BCUT2D eigenvalue weighted by molar-refractivity contribution is 6.53. The van der Waals surface area contributed by atoms with E-state index in [1.54, 1.807) is 12.1 Å². The summed E-state index contributed by atoms with van der Waals surface area (Å²) in [5, 5.41) is 11.8. The van der Waals surface area contributed by atoms with Crippen LogP contribution in [-0.2, 0) is 9.59 Å². The Labute approximate surface area is 145 Å². The van der Waals surface area contributed by atoms with Crippen LogP contribution in [0.1, 0.15) is 0 Å². The minimum absolute atomic E-state index is 0.0867. The molecule has 0 spiro atoms. The molecule has 0 fully saturated rings. The van der Waals surface area contributed by atoms with E-state index >= 15 is 0 Å². The van der Waals surface area contributed by atoms with Crippen molar-refractivity contribution in [1.29, 1.82) is 0 Å². The summed E-state index contributed by atoms with van der Waals surface area (Å²) in [6, 6.07) is 9.60. The second-order valence-electron chi connectivity index (χ2n) is 4.88. The number of imide groups is 1. The molecule has 2 amide bonds. The second-order valence-corrected chi connectivity index (χ2v) is 5.66. The van der Waals surface area contributed by atoms with Crippen molar-refractivity contribution >= 4 is 46.4 Å². The van der Waals surface area contributed by atoms with Gasteiger partial charge in [0.1, 0.15) is 22.3 Å². The molecule has 2 aromatic carbocycles. The number of nitrogens with zero attached hydrogens (tertiary/aromatic N) is 1. The normalized spacial score (nSPS) is 14.5. The summed E-state index contributed by atoms with van der Waals surface area (Å²) < 4.78 is 13.3. The number of halogens is 3. The van der Waals surface area contributed by atoms with Gasteiger partial charge in [-0.05, 0) is 30.3 Å². The van der Waals surface area contributed by atoms with Gasteiger partial charge in [-0.2, -0.15) is 0 Å². The lowest BCUT2D eigenvalue weighted by Gasteiger charge is -2.15. The van der Waals surface area contributed by atoms with E-state index in [2.05, 4.69) is 5.32 Å². The molecule has 2 aromatic rings. The third-order valence-electron chi connectivity index (χ3n) is 3.35. The smallest absolute Gasteiger partial charge is 0.283 e. The number of amides is 2. The Kier molecular flexibility index (Phi) is 4.17. The SMILES string of the molecule is O=C1C(Cl)=C(Nc2ccccc2O)C(=O)N1c1ccc(F)c(Cl)c1. The molecular weight excluding hydrogens is 358 g/mol. The number of hydrogen-bond donors (Lipinski definition) is 2. The van der Waals surface area contributed by atoms with Gasteiger partial charge in [0.15, 0.2) is 0 Å². The molecule has 0 radical (unpaired) electrons. The molecular formula is C16H9Cl2FN2O3. The molecule has 2 N–H and O–H groups in total. The van der Waals surface area contributed by atoms with Gasteiger partial charge in [-0.25, -0.2) is 9.29 Å². The molecule has 5 nitrogen and oxygen atoms in total. The van der Waals surface area contributed by atoms with E-state index in [9.17, 15) is 19.1 Å². The minimum atomic E-state index is -0.776. The summed E-state index contributed by atoms with van der Waals surface area (Å²) in [6.07, 6.45) is 0. The van der Waals surface area contributed by atoms with E-state index in [0.29, 0.717) is 0 Å². The van der Waals surface area contributed by atoms with Gasteiger partial charge in [0, 0.05) is 0 Å². The van der Waals surface area contributed by atoms with Crippen LogP contribution in [0.5, 0.6) is 5.75 Å². The number of para-hydroxylation sites is 2. The number of carbonyl (C=O) groups excluding carboxylic acids is 2. The fourth-order valence-corrected chi connectivity index (χ4v) is 2.57. The molecule has 24 heavy (non-hydrogen) atoms. The van der Waals surface area contributed by atoms with Crippen molar-refractivity contribution in [2.75, 3.05) is 10.2 Å². The first-order chi connectivity index (χ1) is 11.4. The van der Waals surface area contributed by atoms with E-state index in [-0.39, 0.29) is 32.9 Å². The highest BCUT2D eigenvalue weighted by Gasteiger charge is 2.39. The average Bonchev–Trinajstić information content (AvgIpc) is 2.76. The first-order valence-corrected chi connectivity index (χ1v) is 7.44. The second kappa shape index (κ2) is 6.14. The lowest BCUT2D eigenvalue weighted by atomic mass is 10.2. The molecule has 0 saturated carbocycles. The van der Waals surface area contributed by atoms with Gasteiger partial charge in [-0.15, -0.1) is 0 Å². The van der Waals surface area contributed by atoms with Crippen molar-refractivity contribution < 1.29 is 19.1 Å². The van der Waals surface area contributed by atoms with Gasteiger partial charge >= 0.3 is 0 Å². The zero-order chi connectivity index (χ0) is 17.4. The number of nitrogens with one attached hydrogen (secondary N) is 1. The fraction of sp³-hybridized carbons (Fsp3) is 0. The third-order valence-corrected chi connectivity index (χ3v) is 3.99. The van der Waals surface area contributed by atoms with Crippen LogP contribution in [0.2, 0.25) is 5.02 Å². The van der Waals surface area contributed by atoms with Crippen LogP contribution >= 0.6 is 23.2 Å². The summed E-state index contributed by atoms with van der Waals surface area (Å²) in [5.41, 5.74) is 0.109. The number of aromatic hydroxyl groups is 1. The van der Waals surface area contributed by atoms with Crippen LogP contribution in [0.4, 0.5) is 15.8 Å². The van der Waals surface area contributed by atoms with Crippen LogP contribution in [-0.4, -0.2) is 16.9 Å². The topological polar surface area (TPSA) is 69.6 Å². The molecule has 0 atom stereocenters. The third kappa shape index (κ3) is 2.70. The molecule has 3 rings (SSSR count). The largest absolute Gasteiger partial charge is 0.506 e. The van der Waals surface area contributed by atoms with Crippen LogP contribution < -0.4 is 10.2 Å². The Morgan fingerprint density at radius 3 is 2.42 bits per heavy atom. The van der Waals surface area contributed by atoms with Crippen molar-refractivity contribution in [3.8, 4) is 5.75 Å². The Hall–Kier alpha value is -2.57. The number of rotatable bonds is 3. The summed E-state index contributed by atoms with van der Waals surface area (Å²) in [5.74, 6) is -2.30. The quantitative estimate of drug-likeness (QED) is 0.642. The van der Waals surface area contributed by atoms with Crippen LogP contribution in [0.15, 0.2) is 53.2 Å². The monoisotopic (exact) mass is 366 g/mol. The van der Waals surface area contributed by atoms with Gasteiger partial charge in [-0.1, -0.05) is 35.3 Å². The molecule has 1 aliphatic rings. The summed E-state index contributed by atoms with van der Waals surface area (Å²) in [7, 11) is 0. The molecule has 1 aliphatic heterocycles. The molecule has 0 unspecified atom stereocenters. The zero-order valence-electron chi connectivity index (χ0n) is 11.9. The summed E-state index contributed by atoms with van der Waals surface area (Å²) in [4.78, 5) is 25.6. The number of hydrogen-bond acceptors (Lipinski definition) is 4. The van der Waals surface area contributed by atoms with Crippen molar-refractivity contribution in [3.05, 3.63) is 64.0 Å². The van der Waals surface area contributed by atoms with Gasteiger partial charge in [-0.3, -0.25) is 9.59 Å². The molecule has 0 aliphatic carbocycles. The zero-order valence-corrected chi connectivity index (χ0v) is 13.4. The van der Waals surface area contributed by atoms with Crippen molar-refractivity contribution in [2.24, 2.45) is 0 Å². The van der Waals surface area contributed by atoms with E-state index in [1.165, 1.54) is 18.2 Å². The van der Waals surface area contributed by atoms with Gasteiger partial charge in [0.05, 0.1) is 16.4 Å². The molecule has 0 aromatic heterocycles. The van der Waals surface area contributed by atoms with Crippen LogP contribution in [0.3, 0.4) is 0 Å². The van der Waals surface area contributed by atoms with Gasteiger partial charge in [0.2, 0.25) is 0 Å². The number of phenolic OH excluding ortho intramolecular Hbond substituents is 1. The molecule has 1 heterocycles. The molecule has 0 bridgehead atoms. The number of anilines is 2. The van der Waals surface area contributed by atoms with E-state index in [4.69, 9.17) is 23.2 Å². The molecule has 8 heteroatoms. The average molecular weight is 367 g/mol.